The van der Waals surface area contributed by atoms with Gasteiger partial charge in [-0.05, 0) is 43.2 Å². The molecule has 1 N–H and O–H groups in total. The summed E-state index contributed by atoms with van der Waals surface area (Å²) < 4.78 is 0. The van der Waals surface area contributed by atoms with Gasteiger partial charge in [0.2, 0.25) is 0 Å². The lowest BCUT2D eigenvalue weighted by atomic mass is 10.1. The van der Waals surface area contributed by atoms with Crippen LogP contribution in [0.15, 0.2) is 41.5 Å². The number of nitro groups is 1. The first-order valence-electron chi connectivity index (χ1n) is 7.99. The maximum absolute atomic E-state index is 12.4. The van der Waals surface area contributed by atoms with Crippen LogP contribution in [0, 0.1) is 24.0 Å². The lowest BCUT2D eigenvalue weighted by Gasteiger charge is -2.17. The van der Waals surface area contributed by atoms with Crippen LogP contribution in [-0.4, -0.2) is 22.6 Å². The molecule has 0 unspecified atom stereocenters. The predicted molar refractivity (Wildman–Crippen MR) is 101 cm³/mol. The topological polar surface area (TPSA) is 105 Å². The van der Waals surface area contributed by atoms with Crippen molar-refractivity contribution in [3.05, 3.63) is 68.2 Å². The molecule has 0 spiro atoms. The van der Waals surface area contributed by atoms with Crippen LogP contribution in [0.1, 0.15) is 27.9 Å². The van der Waals surface area contributed by atoms with E-state index >= 15 is 0 Å². The number of anilines is 1. The molecule has 9 heteroatoms. The van der Waals surface area contributed by atoms with Gasteiger partial charge in [0.25, 0.3) is 17.5 Å². The van der Waals surface area contributed by atoms with Crippen LogP contribution in [0.25, 0.3) is 0 Å². The van der Waals surface area contributed by atoms with Crippen LogP contribution < -0.4 is 10.3 Å². The molecule has 2 aromatic rings. The number of amidine groups is 1. The molecule has 0 saturated heterocycles. The zero-order valence-electron chi connectivity index (χ0n) is 14.5. The number of benzene rings is 2. The number of amides is 2. The molecule has 8 nitrogen and oxygen atoms in total. The maximum Gasteiger partial charge on any atom is 0.270 e. The van der Waals surface area contributed by atoms with Gasteiger partial charge in [0, 0.05) is 22.7 Å². The Morgan fingerprint density at radius 1 is 1.26 bits per heavy atom. The second-order valence-corrected chi connectivity index (χ2v) is 6.52. The molecule has 2 amide bonds. The van der Waals surface area contributed by atoms with Crippen LogP contribution in [0.3, 0.4) is 0 Å². The molecule has 0 radical (unpaired) electrons. The van der Waals surface area contributed by atoms with Crippen LogP contribution in [0.2, 0.25) is 5.02 Å². The molecule has 1 heterocycles. The summed E-state index contributed by atoms with van der Waals surface area (Å²) >= 11 is 6.02. The molecule has 3 rings (SSSR count). The lowest BCUT2D eigenvalue weighted by molar-refractivity contribution is -0.384. The highest BCUT2D eigenvalue weighted by Crippen LogP contribution is 2.31. The second kappa shape index (κ2) is 7.16. The highest BCUT2D eigenvalue weighted by atomic mass is 35.5. The Balaban J connectivity index is 1.84. The quantitative estimate of drug-likeness (QED) is 0.645. The number of nitro benzene ring substituents is 1. The number of rotatable bonds is 3. The predicted octanol–water partition coefficient (Wildman–Crippen LogP) is 3.35. The van der Waals surface area contributed by atoms with E-state index in [1.165, 1.54) is 23.2 Å². The number of carbonyl (C=O) groups is 2. The number of aryl methyl sites for hydroxylation is 2. The van der Waals surface area contributed by atoms with Crippen molar-refractivity contribution in [1.29, 1.82) is 0 Å². The Hall–Kier alpha value is -3.26. The summed E-state index contributed by atoms with van der Waals surface area (Å²) in [5.74, 6) is -0.695. The van der Waals surface area contributed by atoms with Crippen LogP contribution in [-0.2, 0) is 4.79 Å². The van der Waals surface area contributed by atoms with Crippen LogP contribution >= 0.6 is 11.6 Å². The summed E-state index contributed by atoms with van der Waals surface area (Å²) in [6.07, 6.45) is -0.0812. The van der Waals surface area contributed by atoms with Crippen molar-refractivity contribution in [1.82, 2.24) is 5.32 Å². The molecule has 27 heavy (non-hydrogen) atoms. The number of halogens is 1. The van der Waals surface area contributed by atoms with Crippen molar-refractivity contribution in [2.45, 2.75) is 20.3 Å². The second-order valence-electron chi connectivity index (χ2n) is 6.08. The van der Waals surface area contributed by atoms with E-state index in [0.717, 1.165) is 17.2 Å². The highest BCUT2D eigenvalue weighted by Gasteiger charge is 2.29. The molecule has 0 aromatic heterocycles. The third-order valence-electron chi connectivity index (χ3n) is 4.02. The number of nitrogens with one attached hydrogen (secondary N) is 1. The van der Waals surface area contributed by atoms with Gasteiger partial charge < -0.3 is 5.32 Å². The summed E-state index contributed by atoms with van der Waals surface area (Å²) in [6, 6.07) is 8.78. The Kier molecular flexibility index (Phi) is 4.91. The number of hydrogen-bond acceptors (Lipinski definition) is 5. The highest BCUT2D eigenvalue weighted by molar-refractivity contribution is 6.31. The Morgan fingerprint density at radius 3 is 2.56 bits per heavy atom. The SMILES string of the molecule is Cc1cc(Cl)cc(C)c1N1N=C(NC(=O)c2cccc([N+](=O)[O-])c2)CC1=O. The number of hydrazone groups is 1. The molecule has 2 aromatic carbocycles. The van der Waals surface area contributed by atoms with Gasteiger partial charge >= 0.3 is 0 Å². The third kappa shape index (κ3) is 3.80. The van der Waals surface area contributed by atoms with E-state index in [9.17, 15) is 19.7 Å². The van der Waals surface area contributed by atoms with Crippen LogP contribution in [0.4, 0.5) is 11.4 Å². The smallest absolute Gasteiger partial charge is 0.270 e. The van der Waals surface area contributed by atoms with Crippen LogP contribution in [0.5, 0.6) is 0 Å². The van der Waals surface area contributed by atoms with E-state index in [-0.39, 0.29) is 29.4 Å². The van der Waals surface area contributed by atoms with Crippen molar-refractivity contribution in [3.63, 3.8) is 0 Å². The van der Waals surface area contributed by atoms with E-state index in [4.69, 9.17) is 11.6 Å². The summed E-state index contributed by atoms with van der Waals surface area (Å²) in [5, 5.41) is 19.4. The van der Waals surface area contributed by atoms with Gasteiger partial charge in [-0.1, -0.05) is 17.7 Å². The van der Waals surface area contributed by atoms with Gasteiger partial charge in [0.1, 0.15) is 5.84 Å². The van der Waals surface area contributed by atoms with E-state index in [2.05, 4.69) is 10.4 Å². The summed E-state index contributed by atoms with van der Waals surface area (Å²) in [5.41, 5.74) is 2.09. The molecule has 1 aliphatic rings. The maximum atomic E-state index is 12.4. The van der Waals surface area contributed by atoms with E-state index < -0.39 is 10.8 Å². The minimum absolute atomic E-state index is 0.0812. The van der Waals surface area contributed by atoms with Crippen molar-refractivity contribution in [2.75, 3.05) is 5.01 Å². The fourth-order valence-corrected chi connectivity index (χ4v) is 3.20. The lowest BCUT2D eigenvalue weighted by Crippen LogP contribution is -2.29. The minimum Gasteiger partial charge on any atom is -0.308 e. The van der Waals surface area contributed by atoms with Crippen molar-refractivity contribution < 1.29 is 14.5 Å². The minimum atomic E-state index is -0.582. The molecule has 0 aliphatic carbocycles. The first kappa shape index (κ1) is 18.5. The average Bonchev–Trinajstić information content (AvgIpc) is 2.94. The zero-order chi connectivity index (χ0) is 19.7. The first-order chi connectivity index (χ1) is 12.8. The van der Waals surface area contributed by atoms with Gasteiger partial charge in [0.05, 0.1) is 17.0 Å². The molecule has 0 saturated carbocycles. The fourth-order valence-electron chi connectivity index (χ4n) is 2.87. The third-order valence-corrected chi connectivity index (χ3v) is 4.24. The van der Waals surface area contributed by atoms with Crippen molar-refractivity contribution in [3.8, 4) is 0 Å². The van der Waals surface area contributed by atoms with Crippen molar-refractivity contribution in [2.24, 2.45) is 5.10 Å². The van der Waals surface area contributed by atoms with E-state index in [0.29, 0.717) is 10.7 Å². The molecule has 0 atom stereocenters. The van der Waals surface area contributed by atoms with E-state index in [1.54, 1.807) is 12.1 Å². The Bertz CT molecular complexity index is 980. The number of non-ortho nitro benzene ring substituents is 1. The number of nitrogens with zero attached hydrogens (tertiary/aromatic N) is 3. The van der Waals surface area contributed by atoms with E-state index in [1.807, 2.05) is 13.8 Å². The average molecular weight is 387 g/mol. The Morgan fingerprint density at radius 2 is 1.93 bits per heavy atom. The molecular weight excluding hydrogens is 372 g/mol. The summed E-state index contributed by atoms with van der Waals surface area (Å²) in [7, 11) is 0. The summed E-state index contributed by atoms with van der Waals surface area (Å²) in [4.78, 5) is 35.0. The molecule has 0 fully saturated rings. The normalized spacial score (nSPS) is 13.5. The van der Waals surface area contributed by atoms with Gasteiger partial charge in [0.15, 0.2) is 0 Å². The summed E-state index contributed by atoms with van der Waals surface area (Å²) in [6.45, 7) is 3.63. The van der Waals surface area contributed by atoms with Gasteiger partial charge in [-0.2, -0.15) is 10.1 Å². The fraction of sp³-hybridized carbons (Fsp3) is 0.167. The first-order valence-corrected chi connectivity index (χ1v) is 8.37. The number of hydrogen-bond donors (Lipinski definition) is 1. The zero-order valence-corrected chi connectivity index (χ0v) is 15.3. The standard InChI is InChI=1S/C18H15ClN4O4/c1-10-6-13(19)7-11(2)17(10)22-16(24)9-15(21-22)20-18(25)12-4-3-5-14(8-12)23(26)27/h3-8H,9H2,1-2H3,(H,20,21,25). The molecule has 1 aliphatic heterocycles. The molecular formula is C18H15ClN4O4. The molecule has 138 valence electrons. The largest absolute Gasteiger partial charge is 0.308 e. The Labute approximate surface area is 159 Å². The van der Waals surface area contributed by atoms with Crippen molar-refractivity contribution >= 4 is 40.6 Å². The van der Waals surface area contributed by atoms with Gasteiger partial charge in [-0.3, -0.25) is 19.7 Å². The van der Waals surface area contributed by atoms with Gasteiger partial charge in [-0.25, -0.2) is 0 Å². The molecule has 0 bridgehead atoms. The number of carbonyl (C=O) groups excluding carboxylic acids is 2. The monoisotopic (exact) mass is 386 g/mol. The van der Waals surface area contributed by atoms with Gasteiger partial charge in [-0.15, -0.1) is 0 Å².